The van der Waals surface area contributed by atoms with Crippen LogP contribution in [-0.2, 0) is 4.74 Å². The normalized spacial score (nSPS) is 12.1. The van der Waals surface area contributed by atoms with E-state index in [1.807, 2.05) is 37.3 Å². The zero-order valence-corrected chi connectivity index (χ0v) is 13.2. The molecule has 0 aliphatic carbocycles. The van der Waals surface area contributed by atoms with Crippen molar-refractivity contribution in [1.29, 1.82) is 0 Å². The molecule has 2 aromatic heterocycles. The Morgan fingerprint density at radius 2 is 1.96 bits per heavy atom. The number of ether oxygens (including phenoxy) is 1. The van der Waals surface area contributed by atoms with Crippen molar-refractivity contribution in [2.75, 3.05) is 0 Å². The Labute approximate surface area is 133 Å². The summed E-state index contributed by atoms with van der Waals surface area (Å²) in [6.45, 7) is 5.42. The lowest BCUT2D eigenvalue weighted by Gasteiger charge is -2.08. The van der Waals surface area contributed by atoms with Crippen molar-refractivity contribution in [2.45, 2.75) is 26.9 Å². The van der Waals surface area contributed by atoms with E-state index in [0.29, 0.717) is 11.5 Å². The zero-order chi connectivity index (χ0) is 16.4. The molecule has 0 aliphatic heterocycles. The van der Waals surface area contributed by atoms with E-state index in [-0.39, 0.29) is 5.69 Å². The SMILES string of the molecule is Cc1cc([C@H](C)OC(=O)c2cc(C)n(-c3ccccc3)n2)no1. The first-order valence-corrected chi connectivity index (χ1v) is 7.31. The fourth-order valence-corrected chi connectivity index (χ4v) is 2.26. The van der Waals surface area contributed by atoms with Crippen LogP contribution in [0, 0.1) is 13.8 Å². The second-order valence-corrected chi connectivity index (χ2v) is 5.33. The van der Waals surface area contributed by atoms with E-state index in [9.17, 15) is 4.79 Å². The molecule has 0 amide bonds. The van der Waals surface area contributed by atoms with Crippen LogP contribution in [0.1, 0.15) is 40.7 Å². The van der Waals surface area contributed by atoms with Crippen LogP contribution in [0.25, 0.3) is 5.69 Å². The van der Waals surface area contributed by atoms with E-state index < -0.39 is 12.1 Å². The van der Waals surface area contributed by atoms with E-state index in [1.54, 1.807) is 30.7 Å². The Morgan fingerprint density at radius 3 is 2.61 bits per heavy atom. The minimum atomic E-state index is -0.498. The molecule has 118 valence electrons. The van der Waals surface area contributed by atoms with Crippen molar-refractivity contribution in [2.24, 2.45) is 0 Å². The summed E-state index contributed by atoms with van der Waals surface area (Å²) in [5, 5.41) is 8.19. The summed E-state index contributed by atoms with van der Waals surface area (Å²) in [5.41, 5.74) is 2.59. The third kappa shape index (κ3) is 3.15. The average molecular weight is 311 g/mol. The highest BCUT2D eigenvalue weighted by Crippen LogP contribution is 2.19. The summed E-state index contributed by atoms with van der Waals surface area (Å²) in [4.78, 5) is 12.3. The summed E-state index contributed by atoms with van der Waals surface area (Å²) >= 11 is 0. The number of benzene rings is 1. The van der Waals surface area contributed by atoms with Crippen LogP contribution in [0.2, 0.25) is 0 Å². The Kier molecular flexibility index (Phi) is 3.97. The van der Waals surface area contributed by atoms with Crippen LogP contribution >= 0.6 is 0 Å². The lowest BCUT2D eigenvalue weighted by molar-refractivity contribution is 0.0316. The minimum absolute atomic E-state index is 0.262. The molecular formula is C17H17N3O3. The smallest absolute Gasteiger partial charge is 0.359 e. The third-order valence-electron chi connectivity index (χ3n) is 3.44. The van der Waals surface area contributed by atoms with Gasteiger partial charge in [-0.3, -0.25) is 0 Å². The Hall–Kier alpha value is -2.89. The number of carbonyl (C=O) groups is 1. The summed E-state index contributed by atoms with van der Waals surface area (Å²) in [6.07, 6.45) is -0.498. The molecule has 6 heteroatoms. The fourth-order valence-electron chi connectivity index (χ4n) is 2.26. The summed E-state index contributed by atoms with van der Waals surface area (Å²) < 4.78 is 12.1. The summed E-state index contributed by atoms with van der Waals surface area (Å²) in [6, 6.07) is 13.1. The Morgan fingerprint density at radius 1 is 1.22 bits per heavy atom. The van der Waals surface area contributed by atoms with Gasteiger partial charge >= 0.3 is 5.97 Å². The van der Waals surface area contributed by atoms with Gasteiger partial charge in [-0.1, -0.05) is 23.4 Å². The quantitative estimate of drug-likeness (QED) is 0.691. The molecular weight excluding hydrogens is 294 g/mol. The van der Waals surface area contributed by atoms with Gasteiger partial charge in [0.2, 0.25) is 0 Å². The molecule has 0 fully saturated rings. The molecule has 1 atom stereocenters. The molecule has 3 aromatic rings. The number of hydrogen-bond acceptors (Lipinski definition) is 5. The number of rotatable bonds is 4. The van der Waals surface area contributed by atoms with Crippen molar-refractivity contribution < 1.29 is 14.1 Å². The number of nitrogens with zero attached hydrogens (tertiary/aromatic N) is 3. The van der Waals surface area contributed by atoms with Gasteiger partial charge in [-0.15, -0.1) is 0 Å². The molecule has 1 aromatic carbocycles. The molecule has 0 saturated heterocycles. The van der Waals surface area contributed by atoms with Gasteiger partial charge in [0, 0.05) is 11.8 Å². The molecule has 0 unspecified atom stereocenters. The largest absolute Gasteiger partial charge is 0.451 e. The average Bonchev–Trinajstić information content (AvgIpc) is 3.14. The molecule has 0 saturated carbocycles. The van der Waals surface area contributed by atoms with Crippen molar-refractivity contribution in [1.82, 2.24) is 14.9 Å². The first-order chi connectivity index (χ1) is 11.0. The van der Waals surface area contributed by atoms with Crippen molar-refractivity contribution in [3.63, 3.8) is 0 Å². The van der Waals surface area contributed by atoms with Gasteiger partial charge in [0.15, 0.2) is 5.69 Å². The number of aryl methyl sites for hydroxylation is 2. The van der Waals surface area contributed by atoms with Crippen LogP contribution in [0.15, 0.2) is 47.0 Å². The molecule has 23 heavy (non-hydrogen) atoms. The van der Waals surface area contributed by atoms with Crippen molar-refractivity contribution >= 4 is 5.97 Å². The fraction of sp³-hybridized carbons (Fsp3) is 0.235. The molecule has 6 nitrogen and oxygen atoms in total. The predicted molar refractivity (Wildman–Crippen MR) is 83.4 cm³/mol. The Balaban J connectivity index is 1.78. The van der Waals surface area contributed by atoms with Gasteiger partial charge in [-0.2, -0.15) is 5.10 Å². The maximum atomic E-state index is 12.3. The summed E-state index contributed by atoms with van der Waals surface area (Å²) in [7, 11) is 0. The van der Waals surface area contributed by atoms with Crippen LogP contribution in [0.5, 0.6) is 0 Å². The second-order valence-electron chi connectivity index (χ2n) is 5.33. The topological polar surface area (TPSA) is 70.2 Å². The third-order valence-corrected chi connectivity index (χ3v) is 3.44. The van der Waals surface area contributed by atoms with Crippen LogP contribution in [0.3, 0.4) is 0 Å². The number of aromatic nitrogens is 3. The molecule has 0 spiro atoms. The van der Waals surface area contributed by atoms with E-state index >= 15 is 0 Å². The minimum Gasteiger partial charge on any atom is -0.451 e. The molecule has 0 N–H and O–H groups in total. The maximum absolute atomic E-state index is 12.3. The first-order valence-electron chi connectivity index (χ1n) is 7.31. The van der Waals surface area contributed by atoms with E-state index in [0.717, 1.165) is 11.4 Å². The van der Waals surface area contributed by atoms with Gasteiger partial charge in [-0.05, 0) is 39.0 Å². The number of esters is 1. The standard InChI is InChI=1S/C17H17N3O3/c1-11-9-16(18-20(11)14-7-5-4-6-8-14)17(21)22-13(3)15-10-12(2)23-19-15/h4-10,13H,1-3H3/t13-/m0/s1. The van der Waals surface area contributed by atoms with E-state index in [4.69, 9.17) is 9.26 Å². The molecule has 3 rings (SSSR count). The van der Waals surface area contributed by atoms with Gasteiger partial charge in [-0.25, -0.2) is 9.48 Å². The Bertz CT molecular complexity index is 821. The molecule has 0 bridgehead atoms. The van der Waals surface area contributed by atoms with Gasteiger partial charge in [0.05, 0.1) is 5.69 Å². The van der Waals surface area contributed by atoms with Crippen LogP contribution in [-0.4, -0.2) is 20.9 Å². The predicted octanol–water partition coefficient (Wildman–Crippen LogP) is 3.40. The lowest BCUT2D eigenvalue weighted by atomic mass is 10.2. The van der Waals surface area contributed by atoms with Gasteiger partial charge < -0.3 is 9.26 Å². The lowest BCUT2D eigenvalue weighted by Crippen LogP contribution is -2.10. The van der Waals surface area contributed by atoms with Crippen LogP contribution < -0.4 is 0 Å². The maximum Gasteiger partial charge on any atom is 0.359 e. The number of para-hydroxylation sites is 1. The molecule has 0 aliphatic rings. The molecule has 2 heterocycles. The van der Waals surface area contributed by atoms with Gasteiger partial charge in [0.1, 0.15) is 17.6 Å². The highest BCUT2D eigenvalue weighted by molar-refractivity contribution is 5.87. The van der Waals surface area contributed by atoms with E-state index in [2.05, 4.69) is 10.3 Å². The number of carbonyl (C=O) groups excluding carboxylic acids is 1. The summed E-state index contributed by atoms with van der Waals surface area (Å²) in [5.74, 6) is 0.183. The highest BCUT2D eigenvalue weighted by Gasteiger charge is 2.20. The van der Waals surface area contributed by atoms with Crippen LogP contribution in [0.4, 0.5) is 0 Å². The van der Waals surface area contributed by atoms with Gasteiger partial charge in [0.25, 0.3) is 0 Å². The second kappa shape index (κ2) is 6.08. The van der Waals surface area contributed by atoms with Crippen molar-refractivity contribution in [3.05, 3.63) is 65.3 Å². The number of hydrogen-bond donors (Lipinski definition) is 0. The zero-order valence-electron chi connectivity index (χ0n) is 13.2. The molecule has 0 radical (unpaired) electrons. The highest BCUT2D eigenvalue weighted by atomic mass is 16.5. The monoisotopic (exact) mass is 311 g/mol. The van der Waals surface area contributed by atoms with Crippen molar-refractivity contribution in [3.8, 4) is 5.69 Å². The van der Waals surface area contributed by atoms with E-state index in [1.165, 1.54) is 0 Å². The first kappa shape index (κ1) is 15.0.